The minimum atomic E-state index is -0.207. The molecule has 4 heteroatoms. The normalized spacial score (nSPS) is 16.8. The fourth-order valence-corrected chi connectivity index (χ4v) is 2.66. The van der Waals surface area contributed by atoms with E-state index < -0.39 is 0 Å². The van der Waals surface area contributed by atoms with Gasteiger partial charge in [-0.15, -0.1) is 0 Å². The SMILES string of the molecule is Fc1ccc2c(c1)CC(CNc1ccccc1Br)O2. The summed E-state index contributed by atoms with van der Waals surface area (Å²) in [5, 5.41) is 3.34. The van der Waals surface area contributed by atoms with Gasteiger partial charge in [0.15, 0.2) is 0 Å². The van der Waals surface area contributed by atoms with E-state index in [0.29, 0.717) is 6.54 Å². The van der Waals surface area contributed by atoms with E-state index >= 15 is 0 Å². The molecule has 0 aliphatic carbocycles. The summed E-state index contributed by atoms with van der Waals surface area (Å²) in [7, 11) is 0. The molecule has 98 valence electrons. The second-order valence-corrected chi connectivity index (χ2v) is 5.41. The summed E-state index contributed by atoms with van der Waals surface area (Å²) >= 11 is 3.49. The summed E-state index contributed by atoms with van der Waals surface area (Å²) in [4.78, 5) is 0. The maximum atomic E-state index is 13.1. The first-order valence-electron chi connectivity index (χ1n) is 6.16. The third-order valence-corrected chi connectivity index (χ3v) is 3.85. The lowest BCUT2D eigenvalue weighted by Gasteiger charge is -2.13. The number of fused-ring (bicyclic) bond motifs is 1. The van der Waals surface area contributed by atoms with Gasteiger partial charge in [-0.25, -0.2) is 4.39 Å². The van der Waals surface area contributed by atoms with Gasteiger partial charge < -0.3 is 10.1 Å². The summed E-state index contributed by atoms with van der Waals surface area (Å²) in [6.45, 7) is 0.693. The van der Waals surface area contributed by atoms with E-state index in [4.69, 9.17) is 4.74 Å². The Labute approximate surface area is 119 Å². The minimum Gasteiger partial charge on any atom is -0.488 e. The maximum absolute atomic E-state index is 13.1. The quantitative estimate of drug-likeness (QED) is 0.922. The van der Waals surface area contributed by atoms with Crippen molar-refractivity contribution in [3.8, 4) is 5.75 Å². The highest BCUT2D eigenvalue weighted by molar-refractivity contribution is 9.10. The molecule has 2 nitrogen and oxygen atoms in total. The zero-order chi connectivity index (χ0) is 13.2. The molecule has 0 aromatic heterocycles. The lowest BCUT2D eigenvalue weighted by Crippen LogP contribution is -2.24. The van der Waals surface area contributed by atoms with E-state index in [1.165, 1.54) is 6.07 Å². The largest absolute Gasteiger partial charge is 0.488 e. The first-order chi connectivity index (χ1) is 9.22. The Morgan fingerprint density at radius 3 is 2.95 bits per heavy atom. The van der Waals surface area contributed by atoms with Crippen LogP contribution in [0.2, 0.25) is 0 Å². The summed E-state index contributed by atoms with van der Waals surface area (Å²) in [5.41, 5.74) is 1.98. The highest BCUT2D eigenvalue weighted by Crippen LogP contribution is 2.30. The number of anilines is 1. The lowest BCUT2D eigenvalue weighted by atomic mass is 10.1. The van der Waals surface area contributed by atoms with E-state index in [1.807, 2.05) is 24.3 Å². The standard InChI is InChI=1S/C15H13BrFNO/c16-13-3-1-2-4-14(13)18-9-12-8-10-7-11(17)5-6-15(10)19-12/h1-7,12,18H,8-9H2. The summed E-state index contributed by atoms with van der Waals surface area (Å²) in [6, 6.07) is 12.6. The fraction of sp³-hybridized carbons (Fsp3) is 0.200. The molecule has 0 saturated carbocycles. The molecule has 1 N–H and O–H groups in total. The third kappa shape index (κ3) is 2.73. The van der Waals surface area contributed by atoms with Crippen LogP contribution in [-0.4, -0.2) is 12.6 Å². The number of nitrogens with one attached hydrogen (secondary N) is 1. The van der Waals surface area contributed by atoms with Crippen LogP contribution in [0.5, 0.6) is 5.75 Å². The number of hydrogen-bond donors (Lipinski definition) is 1. The summed E-state index contributed by atoms with van der Waals surface area (Å²) in [5.74, 6) is 0.585. The van der Waals surface area contributed by atoms with Crippen LogP contribution >= 0.6 is 15.9 Å². The van der Waals surface area contributed by atoms with Gasteiger partial charge >= 0.3 is 0 Å². The molecule has 0 fully saturated rings. The summed E-state index contributed by atoms with van der Waals surface area (Å²) < 4.78 is 19.9. The minimum absolute atomic E-state index is 0.0453. The monoisotopic (exact) mass is 321 g/mol. The molecule has 1 unspecified atom stereocenters. The van der Waals surface area contributed by atoms with Gasteiger partial charge in [-0.05, 0) is 46.3 Å². The van der Waals surface area contributed by atoms with Crippen molar-refractivity contribution in [2.75, 3.05) is 11.9 Å². The smallest absolute Gasteiger partial charge is 0.123 e. The topological polar surface area (TPSA) is 21.3 Å². The number of benzene rings is 2. The van der Waals surface area contributed by atoms with Gasteiger partial charge in [0.25, 0.3) is 0 Å². The molecule has 0 spiro atoms. The van der Waals surface area contributed by atoms with Crippen molar-refractivity contribution in [2.24, 2.45) is 0 Å². The van der Waals surface area contributed by atoms with E-state index in [9.17, 15) is 4.39 Å². The fourth-order valence-electron chi connectivity index (χ4n) is 2.23. The van der Waals surface area contributed by atoms with Crippen molar-refractivity contribution in [1.82, 2.24) is 0 Å². The molecule has 1 atom stereocenters. The Balaban J connectivity index is 1.63. The Bertz CT molecular complexity index is 602. The Kier molecular flexibility index (Phi) is 3.42. The number of halogens is 2. The van der Waals surface area contributed by atoms with Gasteiger partial charge in [0.1, 0.15) is 17.7 Å². The molecular weight excluding hydrogens is 309 g/mol. The molecule has 0 radical (unpaired) electrons. The van der Waals surface area contributed by atoms with Gasteiger partial charge in [0.2, 0.25) is 0 Å². The van der Waals surface area contributed by atoms with E-state index in [2.05, 4.69) is 21.2 Å². The van der Waals surface area contributed by atoms with Crippen molar-refractivity contribution in [3.63, 3.8) is 0 Å². The molecule has 1 heterocycles. The van der Waals surface area contributed by atoms with Crippen LogP contribution in [0.3, 0.4) is 0 Å². The Morgan fingerprint density at radius 1 is 1.26 bits per heavy atom. The van der Waals surface area contributed by atoms with Crippen LogP contribution < -0.4 is 10.1 Å². The number of hydrogen-bond acceptors (Lipinski definition) is 2. The number of ether oxygens (including phenoxy) is 1. The second kappa shape index (κ2) is 5.21. The molecule has 1 aliphatic heterocycles. The highest BCUT2D eigenvalue weighted by Gasteiger charge is 2.23. The average molecular weight is 322 g/mol. The van der Waals surface area contributed by atoms with Crippen LogP contribution in [0.4, 0.5) is 10.1 Å². The molecule has 3 rings (SSSR count). The van der Waals surface area contributed by atoms with Crippen LogP contribution in [0.25, 0.3) is 0 Å². The average Bonchev–Trinajstić information content (AvgIpc) is 2.79. The predicted octanol–water partition coefficient (Wildman–Crippen LogP) is 4.00. The van der Waals surface area contributed by atoms with Gasteiger partial charge in [-0.1, -0.05) is 12.1 Å². The van der Waals surface area contributed by atoms with Crippen LogP contribution in [0.15, 0.2) is 46.9 Å². The highest BCUT2D eigenvalue weighted by atomic mass is 79.9. The van der Waals surface area contributed by atoms with Gasteiger partial charge in [-0.2, -0.15) is 0 Å². The first-order valence-corrected chi connectivity index (χ1v) is 6.95. The lowest BCUT2D eigenvalue weighted by molar-refractivity contribution is 0.246. The maximum Gasteiger partial charge on any atom is 0.123 e. The van der Waals surface area contributed by atoms with Crippen molar-refractivity contribution < 1.29 is 9.13 Å². The molecule has 0 bridgehead atoms. The third-order valence-electron chi connectivity index (χ3n) is 3.16. The van der Waals surface area contributed by atoms with Crippen LogP contribution in [0, 0.1) is 5.82 Å². The molecular formula is C15H13BrFNO. The van der Waals surface area contributed by atoms with Crippen molar-refractivity contribution in [2.45, 2.75) is 12.5 Å². The van der Waals surface area contributed by atoms with Crippen molar-refractivity contribution in [1.29, 1.82) is 0 Å². The number of rotatable bonds is 3. The van der Waals surface area contributed by atoms with Crippen molar-refractivity contribution >= 4 is 21.6 Å². The van der Waals surface area contributed by atoms with Gasteiger partial charge in [-0.3, -0.25) is 0 Å². The van der Waals surface area contributed by atoms with E-state index in [-0.39, 0.29) is 11.9 Å². The second-order valence-electron chi connectivity index (χ2n) is 4.56. The van der Waals surface area contributed by atoms with Crippen LogP contribution in [-0.2, 0) is 6.42 Å². The van der Waals surface area contributed by atoms with E-state index in [1.54, 1.807) is 12.1 Å². The molecule has 2 aromatic rings. The molecule has 2 aromatic carbocycles. The Morgan fingerprint density at radius 2 is 2.11 bits per heavy atom. The van der Waals surface area contributed by atoms with E-state index in [0.717, 1.165) is 27.9 Å². The zero-order valence-corrected chi connectivity index (χ0v) is 11.8. The molecule has 0 saturated heterocycles. The molecule has 1 aliphatic rings. The van der Waals surface area contributed by atoms with Crippen LogP contribution in [0.1, 0.15) is 5.56 Å². The molecule has 19 heavy (non-hydrogen) atoms. The van der Waals surface area contributed by atoms with Crippen molar-refractivity contribution in [3.05, 3.63) is 58.3 Å². The van der Waals surface area contributed by atoms with Gasteiger partial charge in [0, 0.05) is 22.1 Å². The molecule has 0 amide bonds. The zero-order valence-electron chi connectivity index (χ0n) is 10.2. The predicted molar refractivity (Wildman–Crippen MR) is 77.2 cm³/mol. The van der Waals surface area contributed by atoms with Gasteiger partial charge in [0.05, 0.1) is 6.54 Å². The summed E-state index contributed by atoms with van der Waals surface area (Å²) in [6.07, 6.45) is 0.786. The first kappa shape index (κ1) is 12.5. The Hall–Kier alpha value is -1.55. The number of para-hydroxylation sites is 1.